The molecule has 2 aromatic heterocycles. The second-order valence-corrected chi connectivity index (χ2v) is 8.10. The highest BCUT2D eigenvalue weighted by atomic mass is 16.5. The van der Waals surface area contributed by atoms with Crippen LogP contribution in [0.3, 0.4) is 0 Å². The molecule has 156 valence electrons. The van der Waals surface area contributed by atoms with Gasteiger partial charge in [0.25, 0.3) is 5.91 Å². The number of pyridine rings is 1. The molecule has 1 saturated carbocycles. The lowest BCUT2D eigenvalue weighted by molar-refractivity contribution is -0.0811. The highest BCUT2D eigenvalue weighted by Crippen LogP contribution is 2.33. The Bertz CT molecular complexity index is 1030. The topological polar surface area (TPSA) is 80.5 Å². The van der Waals surface area contributed by atoms with Gasteiger partial charge < -0.3 is 19.3 Å². The highest BCUT2D eigenvalue weighted by Gasteiger charge is 2.36. The summed E-state index contributed by atoms with van der Waals surface area (Å²) in [5.74, 6) is -0.115. The SMILES string of the molecule is O=C(c1cnc2c(c1)ncn2C1CCCC1)N1CCO[C@@H](CO)[C@@H]1c1ccccc1. The number of amides is 1. The predicted molar refractivity (Wildman–Crippen MR) is 112 cm³/mol. The van der Waals surface area contributed by atoms with Crippen LogP contribution in [0.1, 0.15) is 53.7 Å². The van der Waals surface area contributed by atoms with Crippen molar-refractivity contribution in [3.8, 4) is 0 Å². The van der Waals surface area contributed by atoms with Crippen molar-refractivity contribution < 1.29 is 14.6 Å². The summed E-state index contributed by atoms with van der Waals surface area (Å²) in [6, 6.07) is 11.7. The van der Waals surface area contributed by atoms with Gasteiger partial charge in [-0.2, -0.15) is 0 Å². The predicted octanol–water partition coefficient (Wildman–Crippen LogP) is 3.12. The minimum absolute atomic E-state index is 0.115. The van der Waals surface area contributed by atoms with Gasteiger partial charge in [0, 0.05) is 18.8 Å². The Labute approximate surface area is 175 Å². The van der Waals surface area contributed by atoms with Crippen LogP contribution in [0.25, 0.3) is 11.2 Å². The van der Waals surface area contributed by atoms with E-state index in [4.69, 9.17) is 4.74 Å². The van der Waals surface area contributed by atoms with Gasteiger partial charge in [0.1, 0.15) is 11.6 Å². The van der Waals surface area contributed by atoms with Crippen molar-refractivity contribution in [2.24, 2.45) is 0 Å². The maximum atomic E-state index is 13.5. The zero-order valence-corrected chi connectivity index (χ0v) is 16.9. The van der Waals surface area contributed by atoms with Crippen LogP contribution in [0.5, 0.6) is 0 Å². The van der Waals surface area contributed by atoms with Crippen LogP contribution in [0.2, 0.25) is 0 Å². The summed E-state index contributed by atoms with van der Waals surface area (Å²) in [6.45, 7) is 0.710. The summed E-state index contributed by atoms with van der Waals surface area (Å²) in [5.41, 5.74) is 3.05. The van der Waals surface area contributed by atoms with Gasteiger partial charge in [0.2, 0.25) is 0 Å². The first-order chi connectivity index (χ1) is 14.8. The molecule has 0 unspecified atom stereocenters. The minimum Gasteiger partial charge on any atom is -0.394 e. The van der Waals surface area contributed by atoms with Crippen LogP contribution in [0.4, 0.5) is 0 Å². The van der Waals surface area contributed by atoms with Crippen molar-refractivity contribution in [2.45, 2.75) is 43.9 Å². The molecule has 1 aromatic carbocycles. The van der Waals surface area contributed by atoms with Gasteiger partial charge in [-0.05, 0) is 24.5 Å². The second kappa shape index (κ2) is 8.16. The summed E-state index contributed by atoms with van der Waals surface area (Å²) >= 11 is 0. The Morgan fingerprint density at radius 3 is 2.73 bits per heavy atom. The lowest BCUT2D eigenvalue weighted by atomic mass is 9.97. The molecule has 0 spiro atoms. The Morgan fingerprint density at radius 2 is 1.97 bits per heavy atom. The van der Waals surface area contributed by atoms with Crippen LogP contribution < -0.4 is 0 Å². The molecular formula is C23H26N4O3. The summed E-state index contributed by atoms with van der Waals surface area (Å²) in [5, 5.41) is 9.85. The Hall–Kier alpha value is -2.77. The Balaban J connectivity index is 1.47. The van der Waals surface area contributed by atoms with Crippen molar-refractivity contribution in [2.75, 3.05) is 19.8 Å². The average Bonchev–Trinajstić information content (AvgIpc) is 3.48. The molecule has 1 saturated heterocycles. The highest BCUT2D eigenvalue weighted by molar-refractivity contribution is 5.96. The third kappa shape index (κ3) is 3.38. The molecular weight excluding hydrogens is 380 g/mol. The normalized spacial score (nSPS) is 22.6. The number of carbonyl (C=O) groups excluding carboxylic acids is 1. The number of nitrogens with zero attached hydrogens (tertiary/aromatic N) is 4. The van der Waals surface area contributed by atoms with Crippen molar-refractivity contribution in [1.29, 1.82) is 0 Å². The fraction of sp³-hybridized carbons (Fsp3) is 0.435. The molecule has 7 nitrogen and oxygen atoms in total. The molecule has 7 heteroatoms. The van der Waals surface area contributed by atoms with Crippen molar-refractivity contribution in [3.63, 3.8) is 0 Å². The van der Waals surface area contributed by atoms with Crippen LogP contribution in [-0.2, 0) is 4.74 Å². The standard InChI is InChI=1S/C23H26N4O3/c28-14-20-21(16-6-2-1-3-7-16)26(10-11-30-20)23(29)17-12-19-22(24-13-17)27(15-25-19)18-8-4-5-9-18/h1-3,6-7,12-13,15,18,20-21,28H,4-5,8-11,14H2/t20-,21-/m0/s1. The number of hydrogen-bond donors (Lipinski definition) is 1. The smallest absolute Gasteiger partial charge is 0.256 e. The van der Waals surface area contributed by atoms with Crippen molar-refractivity contribution in [3.05, 3.63) is 60.0 Å². The summed E-state index contributed by atoms with van der Waals surface area (Å²) < 4.78 is 7.92. The Kier molecular flexibility index (Phi) is 5.23. The molecule has 5 rings (SSSR count). The molecule has 0 radical (unpaired) electrons. The van der Waals surface area contributed by atoms with Gasteiger partial charge in [-0.1, -0.05) is 43.2 Å². The maximum Gasteiger partial charge on any atom is 0.256 e. The summed E-state index contributed by atoms with van der Waals surface area (Å²) in [6.07, 6.45) is 7.85. The number of aliphatic hydroxyl groups is 1. The van der Waals surface area contributed by atoms with E-state index in [9.17, 15) is 9.90 Å². The molecule has 30 heavy (non-hydrogen) atoms. The molecule has 1 aliphatic carbocycles. The minimum atomic E-state index is -0.455. The van der Waals surface area contributed by atoms with E-state index in [1.54, 1.807) is 11.1 Å². The number of aromatic nitrogens is 3. The number of imidazole rings is 1. The quantitative estimate of drug-likeness (QED) is 0.720. The molecule has 1 amide bonds. The van der Waals surface area contributed by atoms with Gasteiger partial charge in [0.05, 0.1) is 31.1 Å². The number of aliphatic hydroxyl groups excluding tert-OH is 1. The molecule has 2 atom stereocenters. The third-order valence-corrected chi connectivity index (χ3v) is 6.31. The number of carbonyl (C=O) groups is 1. The molecule has 1 N–H and O–H groups in total. The lowest BCUT2D eigenvalue weighted by Crippen LogP contribution is -2.49. The first kappa shape index (κ1) is 19.2. The summed E-state index contributed by atoms with van der Waals surface area (Å²) in [7, 11) is 0. The lowest BCUT2D eigenvalue weighted by Gasteiger charge is -2.41. The summed E-state index contributed by atoms with van der Waals surface area (Å²) in [4.78, 5) is 24.4. The van der Waals surface area contributed by atoms with Gasteiger partial charge in [-0.3, -0.25) is 4.79 Å². The van der Waals surface area contributed by atoms with E-state index in [0.717, 1.165) is 29.6 Å². The Morgan fingerprint density at radius 1 is 1.17 bits per heavy atom. The number of hydrogen-bond acceptors (Lipinski definition) is 5. The van der Waals surface area contributed by atoms with Gasteiger partial charge >= 0.3 is 0 Å². The molecule has 0 bridgehead atoms. The monoisotopic (exact) mass is 406 g/mol. The maximum absolute atomic E-state index is 13.5. The van der Waals surface area contributed by atoms with E-state index in [1.165, 1.54) is 12.8 Å². The van der Waals surface area contributed by atoms with E-state index in [0.29, 0.717) is 24.8 Å². The first-order valence-corrected chi connectivity index (χ1v) is 10.7. The van der Waals surface area contributed by atoms with Gasteiger partial charge in [-0.25, -0.2) is 9.97 Å². The number of rotatable bonds is 4. The van der Waals surface area contributed by atoms with Gasteiger partial charge in [0.15, 0.2) is 5.65 Å². The van der Waals surface area contributed by atoms with E-state index in [2.05, 4.69) is 14.5 Å². The van der Waals surface area contributed by atoms with Crippen LogP contribution in [0, 0.1) is 0 Å². The van der Waals surface area contributed by atoms with Crippen LogP contribution in [-0.4, -0.2) is 56.3 Å². The molecule has 3 heterocycles. The fourth-order valence-corrected chi connectivity index (χ4v) is 4.81. The average molecular weight is 406 g/mol. The number of benzene rings is 1. The fourth-order valence-electron chi connectivity index (χ4n) is 4.81. The second-order valence-electron chi connectivity index (χ2n) is 8.10. The third-order valence-electron chi connectivity index (χ3n) is 6.31. The number of ether oxygens (including phenoxy) is 1. The molecule has 2 aliphatic rings. The van der Waals surface area contributed by atoms with E-state index in [-0.39, 0.29) is 18.6 Å². The van der Waals surface area contributed by atoms with Crippen molar-refractivity contribution in [1.82, 2.24) is 19.4 Å². The van der Waals surface area contributed by atoms with E-state index >= 15 is 0 Å². The molecule has 1 aliphatic heterocycles. The van der Waals surface area contributed by atoms with Crippen LogP contribution >= 0.6 is 0 Å². The molecule has 3 aromatic rings. The number of fused-ring (bicyclic) bond motifs is 1. The van der Waals surface area contributed by atoms with E-state index < -0.39 is 6.10 Å². The van der Waals surface area contributed by atoms with Crippen LogP contribution in [0.15, 0.2) is 48.9 Å². The number of morpholine rings is 1. The van der Waals surface area contributed by atoms with E-state index in [1.807, 2.05) is 42.7 Å². The first-order valence-electron chi connectivity index (χ1n) is 10.7. The zero-order chi connectivity index (χ0) is 20.5. The molecule has 2 fully saturated rings. The van der Waals surface area contributed by atoms with Crippen molar-refractivity contribution >= 4 is 17.1 Å². The van der Waals surface area contributed by atoms with Gasteiger partial charge in [-0.15, -0.1) is 0 Å². The zero-order valence-electron chi connectivity index (χ0n) is 16.9. The largest absolute Gasteiger partial charge is 0.394 e.